The number of carbonyl (C=O) groups is 2. The van der Waals surface area contributed by atoms with Crippen molar-refractivity contribution in [2.45, 2.75) is 0 Å². The molecule has 1 aliphatic rings. The van der Waals surface area contributed by atoms with E-state index in [1.54, 1.807) is 47.4 Å². The van der Waals surface area contributed by atoms with Crippen LogP contribution in [0.15, 0.2) is 58.8 Å². The topological polar surface area (TPSA) is 67.0 Å². The average molecular weight is 340 g/mol. The van der Waals surface area contributed by atoms with Crippen molar-refractivity contribution < 1.29 is 18.9 Å². The highest BCUT2D eigenvalue weighted by Crippen LogP contribution is 2.10. The lowest BCUT2D eigenvalue weighted by Crippen LogP contribution is -3.12. The normalized spacial score (nSPS) is 15.9. The number of hydrogen-bond donors (Lipinski definition) is 2. The molecule has 2 N–H and O–H groups in total. The maximum atomic E-state index is 12.9. The van der Waals surface area contributed by atoms with Crippen LogP contribution in [-0.4, -0.2) is 49.9 Å². The largest absolute Gasteiger partial charge is 0.465 e. The minimum Gasteiger partial charge on any atom is -0.465 e. The van der Waals surface area contributed by atoms with Gasteiger partial charge in [-0.3, -0.25) is 9.59 Å². The number of hydrogen-bond acceptors (Lipinski definition) is 3. The first-order chi connectivity index (χ1) is 12.1. The maximum Gasteiger partial charge on any atom is 0.270 e. The van der Waals surface area contributed by atoms with Crippen molar-refractivity contribution in [3.8, 4) is 0 Å². The molecule has 6 heteroatoms. The molecule has 0 unspecified atom stereocenters. The Hall–Kier alpha value is -2.86. The molecule has 130 valence electrons. The molecule has 1 saturated heterocycles. The molecule has 3 rings (SSSR count). The quantitative estimate of drug-likeness (QED) is 0.792. The average Bonchev–Trinajstić information content (AvgIpc) is 3.15. The first kappa shape index (κ1) is 17.0. The fraction of sp³-hybridized carbons (Fsp3) is 0.263. The summed E-state index contributed by atoms with van der Waals surface area (Å²) in [5, 5.41) is 2.74. The van der Waals surface area contributed by atoms with E-state index in [0.717, 1.165) is 13.1 Å². The molecule has 1 aromatic heterocycles. The Bertz CT molecular complexity index is 745. The highest BCUT2D eigenvalue weighted by molar-refractivity contribution is 6.05. The van der Waals surface area contributed by atoms with Gasteiger partial charge in [-0.25, -0.2) is 0 Å². The van der Waals surface area contributed by atoms with Gasteiger partial charge in [-0.2, -0.15) is 0 Å². The Kier molecular flexibility index (Phi) is 5.30. The summed E-state index contributed by atoms with van der Waals surface area (Å²) in [6.07, 6.45) is 3.11. The predicted molar refractivity (Wildman–Crippen MR) is 93.8 cm³/mol. The number of piperazine rings is 1. The first-order valence-corrected chi connectivity index (χ1v) is 8.35. The summed E-state index contributed by atoms with van der Waals surface area (Å²) in [4.78, 5) is 28.5. The zero-order valence-corrected chi connectivity index (χ0v) is 14.2. The van der Waals surface area contributed by atoms with Crippen LogP contribution in [0.4, 0.5) is 0 Å². The van der Waals surface area contributed by atoms with Gasteiger partial charge in [0.2, 0.25) is 0 Å². The van der Waals surface area contributed by atoms with Crippen molar-refractivity contribution in [3.05, 3.63) is 65.7 Å². The summed E-state index contributed by atoms with van der Waals surface area (Å²) >= 11 is 0. The summed E-state index contributed by atoms with van der Waals surface area (Å²) in [5.41, 5.74) is 0.729. The summed E-state index contributed by atoms with van der Waals surface area (Å²) in [7, 11) is 2.11. The van der Waals surface area contributed by atoms with Crippen LogP contribution in [0.1, 0.15) is 16.1 Å². The Morgan fingerprint density at radius 1 is 1.12 bits per heavy atom. The van der Waals surface area contributed by atoms with Gasteiger partial charge < -0.3 is 19.5 Å². The van der Waals surface area contributed by atoms with Crippen molar-refractivity contribution >= 4 is 17.9 Å². The van der Waals surface area contributed by atoms with Crippen LogP contribution in [0.3, 0.4) is 0 Å². The van der Waals surface area contributed by atoms with Crippen molar-refractivity contribution in [1.29, 1.82) is 0 Å². The number of nitrogens with zero attached hydrogens (tertiary/aromatic N) is 1. The van der Waals surface area contributed by atoms with Crippen LogP contribution in [-0.2, 0) is 4.79 Å². The number of nitrogens with one attached hydrogen (secondary N) is 2. The molecule has 0 aliphatic carbocycles. The van der Waals surface area contributed by atoms with Crippen LogP contribution in [0.2, 0.25) is 0 Å². The monoisotopic (exact) mass is 340 g/mol. The SMILES string of the molecule is C[NH+]1CCN(C(=O)/C(=C/c2ccco2)NC(=O)c2ccccc2)CC1. The minimum atomic E-state index is -0.313. The first-order valence-electron chi connectivity index (χ1n) is 8.35. The number of carbonyl (C=O) groups excluding carboxylic acids is 2. The van der Waals surface area contributed by atoms with Gasteiger partial charge in [0, 0.05) is 11.6 Å². The molecular weight excluding hydrogens is 318 g/mol. The molecule has 1 aliphatic heterocycles. The minimum absolute atomic E-state index is 0.187. The Balaban J connectivity index is 1.80. The number of likely N-dealkylation sites (N-methyl/N-ethyl adjacent to an activating group) is 1. The van der Waals surface area contributed by atoms with E-state index >= 15 is 0 Å². The fourth-order valence-corrected chi connectivity index (χ4v) is 2.71. The molecule has 25 heavy (non-hydrogen) atoms. The van der Waals surface area contributed by atoms with E-state index in [4.69, 9.17) is 4.42 Å². The molecule has 2 amide bonds. The van der Waals surface area contributed by atoms with Gasteiger partial charge in [0.05, 0.1) is 39.5 Å². The third kappa shape index (κ3) is 4.36. The van der Waals surface area contributed by atoms with Crippen LogP contribution in [0.25, 0.3) is 6.08 Å². The van der Waals surface area contributed by atoms with Crippen LogP contribution >= 0.6 is 0 Å². The summed E-state index contributed by atoms with van der Waals surface area (Å²) in [6.45, 7) is 3.13. The van der Waals surface area contributed by atoms with E-state index in [2.05, 4.69) is 12.4 Å². The molecule has 2 aromatic rings. The second-order valence-corrected chi connectivity index (χ2v) is 6.14. The van der Waals surface area contributed by atoms with Crippen molar-refractivity contribution in [2.75, 3.05) is 33.2 Å². The van der Waals surface area contributed by atoms with E-state index in [-0.39, 0.29) is 17.5 Å². The lowest BCUT2D eigenvalue weighted by atomic mass is 10.2. The summed E-state index contributed by atoms with van der Waals surface area (Å²) in [6, 6.07) is 12.3. The number of amides is 2. The summed E-state index contributed by atoms with van der Waals surface area (Å²) in [5.74, 6) is 0.0242. The zero-order valence-electron chi connectivity index (χ0n) is 14.2. The van der Waals surface area contributed by atoms with Crippen LogP contribution in [0, 0.1) is 0 Å². The van der Waals surface area contributed by atoms with Gasteiger partial charge in [0.15, 0.2) is 0 Å². The van der Waals surface area contributed by atoms with Crippen LogP contribution in [0.5, 0.6) is 0 Å². The van der Waals surface area contributed by atoms with E-state index in [1.807, 2.05) is 6.07 Å². The third-order valence-corrected chi connectivity index (χ3v) is 4.25. The smallest absolute Gasteiger partial charge is 0.270 e. The molecule has 0 bridgehead atoms. The van der Waals surface area contributed by atoms with Gasteiger partial charge in [-0.15, -0.1) is 0 Å². The number of benzene rings is 1. The Morgan fingerprint density at radius 3 is 2.48 bits per heavy atom. The molecule has 1 aromatic carbocycles. The standard InChI is InChI=1S/C19H21N3O3/c1-21-9-11-22(12-10-21)19(24)17(14-16-8-5-13-25-16)20-18(23)15-6-3-2-4-7-15/h2-8,13-14H,9-12H2,1H3,(H,20,23)/p+1/b17-14-. The van der Waals surface area contributed by atoms with E-state index in [1.165, 1.54) is 11.2 Å². The molecule has 1 fully saturated rings. The molecule has 0 spiro atoms. The van der Waals surface area contributed by atoms with Gasteiger partial charge in [-0.1, -0.05) is 18.2 Å². The second-order valence-electron chi connectivity index (χ2n) is 6.14. The second kappa shape index (κ2) is 7.81. The van der Waals surface area contributed by atoms with Crippen molar-refractivity contribution in [3.63, 3.8) is 0 Å². The zero-order chi connectivity index (χ0) is 17.6. The van der Waals surface area contributed by atoms with Gasteiger partial charge in [0.25, 0.3) is 11.8 Å². The molecular formula is C19H22N3O3+. The Morgan fingerprint density at radius 2 is 1.84 bits per heavy atom. The molecule has 0 atom stereocenters. The van der Waals surface area contributed by atoms with E-state index in [0.29, 0.717) is 24.4 Å². The van der Waals surface area contributed by atoms with Crippen molar-refractivity contribution in [1.82, 2.24) is 10.2 Å². The molecule has 0 saturated carbocycles. The van der Waals surface area contributed by atoms with E-state index in [9.17, 15) is 9.59 Å². The summed E-state index contributed by atoms with van der Waals surface area (Å²) < 4.78 is 5.30. The number of rotatable bonds is 4. The lowest BCUT2D eigenvalue weighted by Gasteiger charge is -2.30. The Labute approximate surface area is 146 Å². The highest BCUT2D eigenvalue weighted by atomic mass is 16.3. The molecule has 0 radical (unpaired) electrons. The highest BCUT2D eigenvalue weighted by Gasteiger charge is 2.25. The van der Waals surface area contributed by atoms with Gasteiger partial charge in [0.1, 0.15) is 11.5 Å². The lowest BCUT2D eigenvalue weighted by molar-refractivity contribution is -0.883. The maximum absolute atomic E-state index is 12.9. The van der Waals surface area contributed by atoms with E-state index < -0.39 is 0 Å². The third-order valence-electron chi connectivity index (χ3n) is 4.25. The number of quaternary nitrogens is 1. The molecule has 2 heterocycles. The molecule has 6 nitrogen and oxygen atoms in total. The number of furan rings is 1. The van der Waals surface area contributed by atoms with Gasteiger partial charge in [-0.05, 0) is 24.3 Å². The van der Waals surface area contributed by atoms with Gasteiger partial charge >= 0.3 is 0 Å². The fourth-order valence-electron chi connectivity index (χ4n) is 2.71. The van der Waals surface area contributed by atoms with Crippen LogP contribution < -0.4 is 10.2 Å². The predicted octanol–water partition coefficient (Wildman–Crippen LogP) is 0.407. The van der Waals surface area contributed by atoms with Crippen molar-refractivity contribution in [2.24, 2.45) is 0 Å².